The van der Waals surface area contributed by atoms with Gasteiger partial charge in [-0.1, -0.05) is 30.3 Å². The summed E-state index contributed by atoms with van der Waals surface area (Å²) in [5.74, 6) is 1.42. The van der Waals surface area contributed by atoms with Crippen molar-refractivity contribution in [1.29, 1.82) is 0 Å². The Hall–Kier alpha value is -3.34. The fraction of sp³-hybridized carbons (Fsp3) is 0.182. The molecule has 0 aliphatic heterocycles. The van der Waals surface area contributed by atoms with Gasteiger partial charge >= 0.3 is 0 Å². The number of benzene rings is 2. The second-order valence-corrected chi connectivity index (χ2v) is 6.75. The topological polar surface area (TPSA) is 65.6 Å². The lowest BCUT2D eigenvalue weighted by atomic mass is 10.1. The molecule has 4 rings (SSSR count). The third-order valence-corrected chi connectivity index (χ3v) is 4.66. The summed E-state index contributed by atoms with van der Waals surface area (Å²) in [5.41, 5.74) is 5.94. The van der Waals surface area contributed by atoms with Crippen molar-refractivity contribution in [3.8, 4) is 0 Å². The molecule has 5 nitrogen and oxygen atoms in total. The number of aromatic nitrogens is 3. The van der Waals surface area contributed by atoms with Gasteiger partial charge in [-0.2, -0.15) is 4.98 Å². The van der Waals surface area contributed by atoms with Gasteiger partial charge in [0.15, 0.2) is 0 Å². The Balaban J connectivity index is 1.41. The quantitative estimate of drug-likeness (QED) is 0.456. The second-order valence-electron chi connectivity index (χ2n) is 6.75. The van der Waals surface area contributed by atoms with Crippen LogP contribution in [0, 0.1) is 13.8 Å². The molecule has 0 fully saturated rings. The Labute approximate surface area is 158 Å². The van der Waals surface area contributed by atoms with Gasteiger partial charge in [0.1, 0.15) is 5.82 Å². The minimum Gasteiger partial charge on any atom is -0.361 e. The largest absolute Gasteiger partial charge is 0.361 e. The van der Waals surface area contributed by atoms with E-state index in [9.17, 15) is 0 Å². The smallest absolute Gasteiger partial charge is 0.224 e. The van der Waals surface area contributed by atoms with Crippen molar-refractivity contribution in [3.05, 3.63) is 77.6 Å². The summed E-state index contributed by atoms with van der Waals surface area (Å²) in [5, 5.41) is 7.98. The standard InChI is InChI=1S/C22H23N5/c1-15-7-8-16(2)20(13-15)26-21-10-12-24-22(27-21)23-11-9-17-14-25-19-6-4-3-5-18(17)19/h3-8,10,12-14,25H,9,11H2,1-2H3,(H2,23,24,26,27). The predicted octanol–water partition coefficient (Wildman–Crippen LogP) is 4.97. The fourth-order valence-electron chi connectivity index (χ4n) is 3.17. The van der Waals surface area contributed by atoms with Crippen molar-refractivity contribution in [2.75, 3.05) is 17.2 Å². The molecule has 3 N–H and O–H groups in total. The van der Waals surface area contributed by atoms with E-state index in [0.29, 0.717) is 5.95 Å². The molecular weight excluding hydrogens is 334 g/mol. The minimum absolute atomic E-state index is 0.630. The number of anilines is 3. The second kappa shape index (κ2) is 7.50. The van der Waals surface area contributed by atoms with E-state index in [1.807, 2.05) is 12.1 Å². The number of nitrogens with zero attached hydrogens (tertiary/aromatic N) is 2. The molecule has 136 valence electrons. The summed E-state index contributed by atoms with van der Waals surface area (Å²) in [6.07, 6.45) is 4.75. The highest BCUT2D eigenvalue weighted by Crippen LogP contribution is 2.21. The van der Waals surface area contributed by atoms with E-state index in [1.54, 1.807) is 6.20 Å². The Morgan fingerprint density at radius 2 is 1.93 bits per heavy atom. The van der Waals surface area contributed by atoms with Crippen LogP contribution in [0.5, 0.6) is 0 Å². The molecular formula is C22H23N5. The number of rotatable bonds is 6. The lowest BCUT2D eigenvalue weighted by Gasteiger charge is -2.11. The molecule has 0 unspecified atom stereocenters. The molecule has 0 saturated carbocycles. The first-order valence-electron chi connectivity index (χ1n) is 9.15. The first-order valence-corrected chi connectivity index (χ1v) is 9.15. The maximum Gasteiger partial charge on any atom is 0.224 e. The SMILES string of the molecule is Cc1ccc(C)c(Nc2ccnc(NCCc3c[nH]c4ccccc34)n2)c1. The number of aromatic amines is 1. The Kier molecular flexibility index (Phi) is 4.75. The number of aryl methyl sites for hydroxylation is 2. The normalized spacial score (nSPS) is 10.9. The van der Waals surface area contributed by atoms with E-state index in [4.69, 9.17) is 0 Å². The number of hydrogen-bond acceptors (Lipinski definition) is 4. The third-order valence-electron chi connectivity index (χ3n) is 4.66. The van der Waals surface area contributed by atoms with E-state index in [0.717, 1.165) is 24.5 Å². The first-order chi connectivity index (χ1) is 13.2. The summed E-state index contributed by atoms with van der Waals surface area (Å²) in [6.45, 7) is 4.94. The number of nitrogens with one attached hydrogen (secondary N) is 3. The van der Waals surface area contributed by atoms with Crippen LogP contribution < -0.4 is 10.6 Å². The van der Waals surface area contributed by atoms with Crippen molar-refractivity contribution in [1.82, 2.24) is 15.0 Å². The van der Waals surface area contributed by atoms with Crippen molar-refractivity contribution in [2.24, 2.45) is 0 Å². The molecule has 0 saturated heterocycles. The third kappa shape index (κ3) is 3.92. The molecule has 4 aromatic rings. The summed E-state index contributed by atoms with van der Waals surface area (Å²) in [7, 11) is 0. The van der Waals surface area contributed by atoms with Crippen LogP contribution in [0.25, 0.3) is 10.9 Å². The van der Waals surface area contributed by atoms with Gasteiger partial charge in [-0.15, -0.1) is 0 Å². The molecule has 0 atom stereocenters. The van der Waals surface area contributed by atoms with Crippen LogP contribution in [-0.2, 0) is 6.42 Å². The number of hydrogen-bond donors (Lipinski definition) is 3. The summed E-state index contributed by atoms with van der Waals surface area (Å²) < 4.78 is 0. The summed E-state index contributed by atoms with van der Waals surface area (Å²) >= 11 is 0. The van der Waals surface area contributed by atoms with Crippen LogP contribution in [0.3, 0.4) is 0 Å². The zero-order chi connectivity index (χ0) is 18.6. The molecule has 0 radical (unpaired) electrons. The highest BCUT2D eigenvalue weighted by molar-refractivity contribution is 5.83. The molecule has 2 aromatic heterocycles. The molecule has 0 aliphatic carbocycles. The van der Waals surface area contributed by atoms with E-state index in [2.05, 4.69) is 82.0 Å². The predicted molar refractivity (Wildman–Crippen MR) is 112 cm³/mol. The van der Waals surface area contributed by atoms with Gasteiger partial charge in [0, 0.05) is 35.5 Å². The molecule has 2 aromatic carbocycles. The van der Waals surface area contributed by atoms with E-state index in [-0.39, 0.29) is 0 Å². The highest BCUT2D eigenvalue weighted by Gasteiger charge is 2.05. The fourth-order valence-corrected chi connectivity index (χ4v) is 3.17. The van der Waals surface area contributed by atoms with Gasteiger partial charge < -0.3 is 15.6 Å². The van der Waals surface area contributed by atoms with Crippen LogP contribution in [0.2, 0.25) is 0 Å². The first kappa shape index (κ1) is 17.1. The monoisotopic (exact) mass is 357 g/mol. The Bertz CT molecular complexity index is 1070. The van der Waals surface area contributed by atoms with Crippen LogP contribution in [0.15, 0.2) is 60.9 Å². The Morgan fingerprint density at radius 1 is 1.04 bits per heavy atom. The lowest BCUT2D eigenvalue weighted by molar-refractivity contribution is 0.991. The molecule has 0 bridgehead atoms. The zero-order valence-corrected chi connectivity index (χ0v) is 15.6. The van der Waals surface area contributed by atoms with E-state index >= 15 is 0 Å². The maximum atomic E-state index is 4.58. The number of fused-ring (bicyclic) bond motifs is 1. The van der Waals surface area contributed by atoms with Gasteiger partial charge in [0.05, 0.1) is 0 Å². The van der Waals surface area contributed by atoms with Gasteiger partial charge in [-0.25, -0.2) is 4.98 Å². The molecule has 2 heterocycles. The van der Waals surface area contributed by atoms with Gasteiger partial charge in [0.25, 0.3) is 0 Å². The average molecular weight is 357 g/mol. The van der Waals surface area contributed by atoms with Crippen molar-refractivity contribution in [3.63, 3.8) is 0 Å². The van der Waals surface area contributed by atoms with Gasteiger partial charge in [-0.3, -0.25) is 0 Å². The average Bonchev–Trinajstić information content (AvgIpc) is 3.08. The van der Waals surface area contributed by atoms with Crippen molar-refractivity contribution in [2.45, 2.75) is 20.3 Å². The molecule has 0 spiro atoms. The minimum atomic E-state index is 0.630. The van der Waals surface area contributed by atoms with Crippen molar-refractivity contribution < 1.29 is 0 Å². The summed E-state index contributed by atoms with van der Waals surface area (Å²) in [6, 6.07) is 16.6. The molecule has 0 amide bonds. The lowest BCUT2D eigenvalue weighted by Crippen LogP contribution is -2.08. The number of H-pyrrole nitrogens is 1. The molecule has 0 aliphatic rings. The highest BCUT2D eigenvalue weighted by atomic mass is 15.1. The summed E-state index contributed by atoms with van der Waals surface area (Å²) in [4.78, 5) is 12.2. The van der Waals surface area contributed by atoms with Crippen LogP contribution >= 0.6 is 0 Å². The zero-order valence-electron chi connectivity index (χ0n) is 15.6. The Morgan fingerprint density at radius 3 is 2.85 bits per heavy atom. The van der Waals surface area contributed by atoms with Crippen molar-refractivity contribution >= 4 is 28.4 Å². The maximum absolute atomic E-state index is 4.58. The van der Waals surface area contributed by atoms with E-state index < -0.39 is 0 Å². The van der Waals surface area contributed by atoms with Gasteiger partial charge in [0.2, 0.25) is 5.95 Å². The van der Waals surface area contributed by atoms with Crippen LogP contribution in [0.4, 0.5) is 17.5 Å². The van der Waals surface area contributed by atoms with Crippen LogP contribution in [-0.4, -0.2) is 21.5 Å². The molecule has 5 heteroatoms. The van der Waals surface area contributed by atoms with Gasteiger partial charge in [-0.05, 0) is 55.2 Å². The van der Waals surface area contributed by atoms with Crippen LogP contribution in [0.1, 0.15) is 16.7 Å². The van der Waals surface area contributed by atoms with E-state index in [1.165, 1.54) is 27.6 Å². The number of para-hydroxylation sites is 1. The molecule has 27 heavy (non-hydrogen) atoms.